The molecule has 2 N–H and O–H groups in total. The molecule has 18 heavy (non-hydrogen) atoms. The predicted molar refractivity (Wildman–Crippen MR) is 72.2 cm³/mol. The lowest BCUT2D eigenvalue weighted by molar-refractivity contribution is 0.0690. The summed E-state index contributed by atoms with van der Waals surface area (Å²) in [6.45, 7) is 0. The van der Waals surface area contributed by atoms with Crippen LogP contribution >= 0.6 is 0 Å². The summed E-state index contributed by atoms with van der Waals surface area (Å²) < 4.78 is 0. The number of hydrogen-bond donors (Lipinski definition) is 1. The van der Waals surface area contributed by atoms with Crippen molar-refractivity contribution in [2.24, 2.45) is 11.8 Å². The zero-order chi connectivity index (χ0) is 12.7. The van der Waals surface area contributed by atoms with Gasteiger partial charge in [-0.05, 0) is 55.7 Å². The second-order valence-corrected chi connectivity index (χ2v) is 5.71. The first-order chi connectivity index (χ1) is 8.66. The normalized spacial score (nSPS) is 19.0. The molecule has 1 aromatic carbocycles. The third-order valence-corrected chi connectivity index (χ3v) is 4.11. The topological polar surface area (TPSA) is 46.3 Å². The summed E-state index contributed by atoms with van der Waals surface area (Å²) in [6, 6.07) is 7.75. The molecular formula is C15H20N2O. The van der Waals surface area contributed by atoms with E-state index >= 15 is 0 Å². The van der Waals surface area contributed by atoms with Gasteiger partial charge in [0.25, 0.3) is 5.91 Å². The molecule has 96 valence electrons. The number of nitrogens with zero attached hydrogens (tertiary/aromatic N) is 1. The Morgan fingerprint density at radius 3 is 2.39 bits per heavy atom. The first-order valence-electron chi connectivity index (χ1n) is 6.79. The number of nitrogen functional groups attached to an aromatic ring is 1. The largest absolute Gasteiger partial charge is 0.399 e. The van der Waals surface area contributed by atoms with Crippen LogP contribution in [0.5, 0.6) is 0 Å². The molecule has 2 aliphatic carbocycles. The quantitative estimate of drug-likeness (QED) is 0.827. The highest BCUT2D eigenvalue weighted by Crippen LogP contribution is 2.47. The van der Waals surface area contributed by atoms with Crippen LogP contribution < -0.4 is 5.73 Å². The molecule has 0 unspecified atom stereocenters. The molecule has 0 aliphatic heterocycles. The van der Waals surface area contributed by atoms with Crippen molar-refractivity contribution in [3.8, 4) is 0 Å². The maximum absolute atomic E-state index is 12.5. The van der Waals surface area contributed by atoms with E-state index in [4.69, 9.17) is 5.73 Å². The van der Waals surface area contributed by atoms with Crippen molar-refractivity contribution in [3.05, 3.63) is 29.8 Å². The molecule has 0 atom stereocenters. The van der Waals surface area contributed by atoms with Crippen LogP contribution in [0.2, 0.25) is 0 Å². The fraction of sp³-hybridized carbons (Fsp3) is 0.533. The molecule has 0 saturated heterocycles. The van der Waals surface area contributed by atoms with E-state index in [1.54, 1.807) is 6.07 Å². The minimum Gasteiger partial charge on any atom is -0.399 e. The van der Waals surface area contributed by atoms with Gasteiger partial charge in [-0.1, -0.05) is 6.07 Å². The van der Waals surface area contributed by atoms with Crippen LogP contribution in [0.1, 0.15) is 36.0 Å². The zero-order valence-electron chi connectivity index (χ0n) is 10.8. The van der Waals surface area contributed by atoms with Crippen molar-refractivity contribution in [2.75, 3.05) is 12.8 Å². The number of nitrogens with two attached hydrogens (primary N) is 1. The fourth-order valence-corrected chi connectivity index (χ4v) is 2.90. The maximum atomic E-state index is 12.5. The van der Waals surface area contributed by atoms with Crippen LogP contribution in [0.4, 0.5) is 5.69 Å². The van der Waals surface area contributed by atoms with Gasteiger partial charge in [-0.2, -0.15) is 0 Å². The Hall–Kier alpha value is -1.51. The summed E-state index contributed by atoms with van der Waals surface area (Å²) in [5.74, 6) is 1.60. The molecule has 0 aromatic heterocycles. The summed E-state index contributed by atoms with van der Waals surface area (Å²) in [5, 5.41) is 0. The molecule has 2 fully saturated rings. The molecule has 2 aliphatic rings. The van der Waals surface area contributed by atoms with Crippen molar-refractivity contribution in [1.29, 1.82) is 0 Å². The van der Waals surface area contributed by atoms with Gasteiger partial charge in [0, 0.05) is 24.3 Å². The monoisotopic (exact) mass is 244 g/mol. The van der Waals surface area contributed by atoms with Crippen molar-refractivity contribution in [2.45, 2.75) is 31.7 Å². The van der Waals surface area contributed by atoms with Crippen molar-refractivity contribution in [1.82, 2.24) is 4.90 Å². The second kappa shape index (κ2) is 4.30. The Morgan fingerprint density at radius 1 is 1.28 bits per heavy atom. The number of anilines is 1. The van der Waals surface area contributed by atoms with Crippen LogP contribution in [0, 0.1) is 11.8 Å². The second-order valence-electron chi connectivity index (χ2n) is 5.71. The summed E-state index contributed by atoms with van der Waals surface area (Å²) in [6.07, 6.45) is 5.15. The maximum Gasteiger partial charge on any atom is 0.253 e. The van der Waals surface area contributed by atoms with Crippen molar-refractivity contribution >= 4 is 11.6 Å². The SMILES string of the molecule is CN(C(=O)c1cccc(N)c1)C(C1CC1)C1CC1. The molecule has 2 saturated carbocycles. The highest BCUT2D eigenvalue weighted by molar-refractivity contribution is 5.95. The van der Waals surface area contributed by atoms with E-state index in [-0.39, 0.29) is 5.91 Å². The summed E-state index contributed by atoms with van der Waals surface area (Å²) in [5.41, 5.74) is 7.11. The van der Waals surface area contributed by atoms with Gasteiger partial charge in [0.1, 0.15) is 0 Å². The summed E-state index contributed by atoms with van der Waals surface area (Å²) in [7, 11) is 1.95. The van der Waals surface area contributed by atoms with Crippen LogP contribution in [-0.2, 0) is 0 Å². The van der Waals surface area contributed by atoms with Crippen molar-refractivity contribution in [3.63, 3.8) is 0 Å². The predicted octanol–water partition coefficient (Wildman–Crippen LogP) is 2.53. The first-order valence-corrected chi connectivity index (χ1v) is 6.79. The number of rotatable bonds is 4. The van der Waals surface area contributed by atoms with Gasteiger partial charge in [0.2, 0.25) is 0 Å². The van der Waals surface area contributed by atoms with Crippen LogP contribution in [-0.4, -0.2) is 23.9 Å². The van der Waals surface area contributed by atoms with E-state index in [9.17, 15) is 4.79 Å². The third kappa shape index (κ3) is 2.22. The number of carbonyl (C=O) groups is 1. The lowest BCUT2D eigenvalue weighted by atomic mass is 10.0. The first kappa shape index (κ1) is 11.6. The number of hydrogen-bond acceptors (Lipinski definition) is 2. The zero-order valence-corrected chi connectivity index (χ0v) is 10.8. The van der Waals surface area contributed by atoms with E-state index in [1.807, 2.05) is 30.1 Å². The molecule has 3 nitrogen and oxygen atoms in total. The average molecular weight is 244 g/mol. The van der Waals surface area contributed by atoms with Gasteiger partial charge in [-0.3, -0.25) is 4.79 Å². The van der Waals surface area contributed by atoms with Gasteiger partial charge in [-0.15, -0.1) is 0 Å². The van der Waals surface area contributed by atoms with Gasteiger partial charge in [0.05, 0.1) is 0 Å². The van der Waals surface area contributed by atoms with Gasteiger partial charge < -0.3 is 10.6 Å². The molecule has 0 radical (unpaired) electrons. The highest BCUT2D eigenvalue weighted by Gasteiger charge is 2.44. The van der Waals surface area contributed by atoms with Crippen LogP contribution in [0.3, 0.4) is 0 Å². The molecule has 1 amide bonds. The average Bonchev–Trinajstić information content (AvgIpc) is 3.22. The molecule has 0 heterocycles. The number of benzene rings is 1. The molecule has 3 rings (SSSR count). The van der Waals surface area contributed by atoms with E-state index in [0.717, 1.165) is 11.8 Å². The Morgan fingerprint density at radius 2 is 1.89 bits per heavy atom. The van der Waals surface area contributed by atoms with E-state index in [1.165, 1.54) is 25.7 Å². The number of amides is 1. The summed E-state index contributed by atoms with van der Waals surface area (Å²) >= 11 is 0. The van der Waals surface area contributed by atoms with Gasteiger partial charge >= 0.3 is 0 Å². The Bertz CT molecular complexity index is 451. The van der Waals surface area contributed by atoms with Crippen molar-refractivity contribution < 1.29 is 4.79 Å². The molecule has 1 aromatic rings. The lowest BCUT2D eigenvalue weighted by Gasteiger charge is -2.28. The smallest absolute Gasteiger partial charge is 0.253 e. The molecule has 3 heteroatoms. The Balaban J connectivity index is 1.78. The molecule has 0 bridgehead atoms. The minimum absolute atomic E-state index is 0.117. The highest BCUT2D eigenvalue weighted by atomic mass is 16.2. The van der Waals surface area contributed by atoms with E-state index < -0.39 is 0 Å². The van der Waals surface area contributed by atoms with Gasteiger partial charge in [-0.25, -0.2) is 0 Å². The Kier molecular flexibility index (Phi) is 2.77. The molecule has 0 spiro atoms. The fourth-order valence-electron chi connectivity index (χ4n) is 2.90. The summed E-state index contributed by atoms with van der Waals surface area (Å²) in [4.78, 5) is 14.4. The van der Waals surface area contributed by atoms with E-state index in [0.29, 0.717) is 17.3 Å². The van der Waals surface area contributed by atoms with Gasteiger partial charge in [0.15, 0.2) is 0 Å². The standard InChI is InChI=1S/C15H20N2O/c1-17(14(10-5-6-10)11-7-8-11)15(18)12-3-2-4-13(16)9-12/h2-4,9-11,14H,5-8,16H2,1H3. The number of carbonyl (C=O) groups excluding carboxylic acids is 1. The van der Waals surface area contributed by atoms with Crippen LogP contribution in [0.15, 0.2) is 24.3 Å². The third-order valence-electron chi connectivity index (χ3n) is 4.11. The lowest BCUT2D eigenvalue weighted by Crippen LogP contribution is -2.40. The van der Waals surface area contributed by atoms with E-state index in [2.05, 4.69) is 0 Å². The Labute approximate surface area is 108 Å². The minimum atomic E-state index is 0.117. The van der Waals surface area contributed by atoms with Crippen LogP contribution in [0.25, 0.3) is 0 Å². The molecular weight excluding hydrogens is 224 g/mol.